The maximum atomic E-state index is 2.46. The number of benzene rings is 8. The summed E-state index contributed by atoms with van der Waals surface area (Å²) >= 11 is 0. The lowest BCUT2D eigenvalue weighted by molar-refractivity contribution is 0.332. The van der Waals surface area contributed by atoms with Gasteiger partial charge in [0.1, 0.15) is 0 Å². The minimum atomic E-state index is 0.183. The Morgan fingerprint density at radius 2 is 0.828 bits per heavy atom. The maximum Gasteiger partial charge on any atom is 0.0541 e. The second-order valence-electron chi connectivity index (χ2n) is 17.6. The smallest absolute Gasteiger partial charge is 0.0541 e. The molecule has 1 aliphatic rings. The van der Waals surface area contributed by atoms with Gasteiger partial charge in [-0.1, -0.05) is 155 Å². The van der Waals surface area contributed by atoms with E-state index in [-0.39, 0.29) is 10.8 Å². The summed E-state index contributed by atoms with van der Waals surface area (Å²) in [5, 5.41) is 5.03. The van der Waals surface area contributed by atoms with Crippen molar-refractivity contribution in [2.75, 3.05) is 0 Å². The first-order chi connectivity index (χ1) is 28.2. The lowest BCUT2D eigenvalue weighted by atomic mass is 9.63. The van der Waals surface area contributed by atoms with E-state index in [1.807, 2.05) is 0 Å². The first kappa shape index (κ1) is 34.6. The molecule has 2 nitrogen and oxygen atoms in total. The predicted molar refractivity (Wildman–Crippen MR) is 247 cm³/mol. The van der Waals surface area contributed by atoms with Crippen LogP contribution in [0, 0.1) is 0 Å². The summed E-state index contributed by atoms with van der Waals surface area (Å²) in [6.07, 6.45) is 2.45. The topological polar surface area (TPSA) is 9.86 Å². The van der Waals surface area contributed by atoms with Gasteiger partial charge in [-0.3, -0.25) is 0 Å². The predicted octanol–water partition coefficient (Wildman–Crippen LogP) is 15.2. The number of nitrogens with zero attached hydrogens (tertiary/aromatic N) is 2. The minimum Gasteiger partial charge on any atom is -0.309 e. The molecule has 0 N–H and O–H groups in total. The van der Waals surface area contributed by atoms with Crippen LogP contribution in [0.4, 0.5) is 0 Å². The van der Waals surface area contributed by atoms with Crippen molar-refractivity contribution in [1.29, 1.82) is 0 Å². The average Bonchev–Trinajstić information content (AvgIpc) is 3.78. The lowest BCUT2D eigenvalue weighted by Crippen LogP contribution is -2.33. The second kappa shape index (κ2) is 12.9. The fraction of sp³-hybridized carbons (Fsp3) is 0.143. The number of fused-ring (bicyclic) bond motifs is 7. The van der Waals surface area contributed by atoms with Gasteiger partial charge < -0.3 is 9.13 Å². The van der Waals surface area contributed by atoms with Crippen molar-refractivity contribution in [3.8, 4) is 44.8 Å². The highest BCUT2D eigenvalue weighted by Crippen LogP contribution is 2.47. The molecule has 1 aliphatic carbocycles. The summed E-state index contributed by atoms with van der Waals surface area (Å²) in [6.45, 7) is 9.61. The summed E-state index contributed by atoms with van der Waals surface area (Å²) in [4.78, 5) is 0. The third kappa shape index (κ3) is 5.39. The molecule has 0 spiro atoms. The molecular formula is C56H46N2. The normalized spacial score (nSPS) is 14.7. The average molecular weight is 747 g/mol. The van der Waals surface area contributed by atoms with Gasteiger partial charge in [0.25, 0.3) is 0 Å². The van der Waals surface area contributed by atoms with Crippen LogP contribution >= 0.6 is 0 Å². The molecule has 10 aromatic rings. The summed E-state index contributed by atoms with van der Waals surface area (Å²) in [7, 11) is 0. The Hall–Kier alpha value is -6.64. The van der Waals surface area contributed by atoms with Gasteiger partial charge in [0.05, 0.1) is 27.8 Å². The first-order valence-corrected chi connectivity index (χ1v) is 20.7. The molecule has 58 heavy (non-hydrogen) atoms. The van der Waals surface area contributed by atoms with Crippen LogP contribution < -0.4 is 0 Å². The van der Waals surface area contributed by atoms with Crippen molar-refractivity contribution in [3.05, 3.63) is 193 Å². The molecule has 0 atom stereocenters. The van der Waals surface area contributed by atoms with E-state index in [9.17, 15) is 0 Å². The molecule has 2 heteroatoms. The standard InChI is InChI=1S/C56H46N2/c1-55(2)32-33-56(3,4)49-36-41(24-29-48(49)55)37-22-27-42(28-23-37)57-51-20-12-9-17-44(51)46-34-39(25-30-53(46)57)40-26-31-54-47(35-40)45-18-10-13-21-52(45)58(54)50-19-11-8-16-43(50)38-14-6-5-7-15-38/h5-31,34-36H,32-33H2,1-4H3. The van der Waals surface area contributed by atoms with Crippen LogP contribution in [0.1, 0.15) is 51.7 Å². The molecule has 8 aromatic carbocycles. The van der Waals surface area contributed by atoms with Gasteiger partial charge in [-0.05, 0) is 117 Å². The van der Waals surface area contributed by atoms with E-state index in [0.717, 1.165) is 0 Å². The van der Waals surface area contributed by atoms with Gasteiger partial charge in [-0.15, -0.1) is 0 Å². The summed E-state index contributed by atoms with van der Waals surface area (Å²) in [5.74, 6) is 0. The molecule has 2 aromatic heterocycles. The van der Waals surface area contributed by atoms with Gasteiger partial charge in [-0.25, -0.2) is 0 Å². The van der Waals surface area contributed by atoms with Gasteiger partial charge in [-0.2, -0.15) is 0 Å². The zero-order valence-corrected chi connectivity index (χ0v) is 33.6. The van der Waals surface area contributed by atoms with E-state index in [1.165, 1.54) is 112 Å². The fourth-order valence-corrected chi connectivity index (χ4v) is 9.94. The molecule has 0 saturated heterocycles. The zero-order chi connectivity index (χ0) is 39.2. The van der Waals surface area contributed by atoms with E-state index < -0.39 is 0 Å². The van der Waals surface area contributed by atoms with Crippen LogP contribution in [0.2, 0.25) is 0 Å². The van der Waals surface area contributed by atoms with Crippen LogP contribution in [0.3, 0.4) is 0 Å². The highest BCUT2D eigenvalue weighted by Gasteiger charge is 2.37. The lowest BCUT2D eigenvalue weighted by Gasteiger charge is -2.42. The van der Waals surface area contributed by atoms with Crippen LogP contribution in [-0.2, 0) is 10.8 Å². The van der Waals surface area contributed by atoms with Crippen molar-refractivity contribution in [2.24, 2.45) is 0 Å². The van der Waals surface area contributed by atoms with E-state index >= 15 is 0 Å². The molecule has 0 fully saturated rings. The van der Waals surface area contributed by atoms with E-state index in [4.69, 9.17) is 0 Å². The Morgan fingerprint density at radius 1 is 0.345 bits per heavy atom. The second-order valence-corrected chi connectivity index (χ2v) is 17.6. The van der Waals surface area contributed by atoms with Crippen LogP contribution in [0.25, 0.3) is 88.4 Å². The first-order valence-electron chi connectivity index (χ1n) is 20.7. The van der Waals surface area contributed by atoms with Gasteiger partial charge in [0.15, 0.2) is 0 Å². The Kier molecular flexibility index (Phi) is 7.72. The van der Waals surface area contributed by atoms with Crippen LogP contribution in [-0.4, -0.2) is 9.13 Å². The number of aromatic nitrogens is 2. The third-order valence-electron chi connectivity index (χ3n) is 13.2. The van der Waals surface area contributed by atoms with Crippen LogP contribution in [0.5, 0.6) is 0 Å². The quantitative estimate of drug-likeness (QED) is 0.166. The number of hydrogen-bond acceptors (Lipinski definition) is 0. The third-order valence-corrected chi connectivity index (χ3v) is 13.2. The highest BCUT2D eigenvalue weighted by molar-refractivity contribution is 6.13. The molecule has 2 heterocycles. The molecule has 0 saturated carbocycles. The summed E-state index contributed by atoms with van der Waals surface area (Å²) in [5.41, 5.74) is 18.0. The molecule has 280 valence electrons. The van der Waals surface area contributed by atoms with Gasteiger partial charge >= 0.3 is 0 Å². The number of hydrogen-bond donors (Lipinski definition) is 0. The minimum absolute atomic E-state index is 0.183. The van der Waals surface area contributed by atoms with E-state index in [0.29, 0.717) is 0 Å². The summed E-state index contributed by atoms with van der Waals surface area (Å²) < 4.78 is 4.86. The molecule has 11 rings (SSSR count). The fourth-order valence-electron chi connectivity index (χ4n) is 9.94. The number of rotatable bonds is 5. The van der Waals surface area contributed by atoms with Crippen molar-refractivity contribution < 1.29 is 0 Å². The highest BCUT2D eigenvalue weighted by atomic mass is 15.0. The monoisotopic (exact) mass is 746 g/mol. The van der Waals surface area contributed by atoms with E-state index in [2.05, 4.69) is 219 Å². The van der Waals surface area contributed by atoms with Crippen LogP contribution in [0.15, 0.2) is 182 Å². The largest absolute Gasteiger partial charge is 0.309 e. The molecular weight excluding hydrogens is 701 g/mol. The van der Waals surface area contributed by atoms with E-state index in [1.54, 1.807) is 0 Å². The Balaban J connectivity index is 1.00. The summed E-state index contributed by atoms with van der Waals surface area (Å²) in [6, 6.07) is 67.5. The molecule has 0 amide bonds. The Morgan fingerprint density at radius 3 is 1.50 bits per heavy atom. The molecule has 0 aliphatic heterocycles. The molecule has 0 radical (unpaired) electrons. The Labute approximate surface area is 340 Å². The van der Waals surface area contributed by atoms with Crippen molar-refractivity contribution >= 4 is 43.6 Å². The molecule has 0 bridgehead atoms. The van der Waals surface area contributed by atoms with Gasteiger partial charge in [0.2, 0.25) is 0 Å². The molecule has 0 unspecified atom stereocenters. The maximum absolute atomic E-state index is 2.46. The Bertz CT molecular complexity index is 3210. The van der Waals surface area contributed by atoms with Crippen molar-refractivity contribution in [3.63, 3.8) is 0 Å². The zero-order valence-electron chi connectivity index (χ0n) is 33.6. The van der Waals surface area contributed by atoms with Crippen molar-refractivity contribution in [2.45, 2.75) is 51.4 Å². The number of para-hydroxylation sites is 3. The van der Waals surface area contributed by atoms with Gasteiger partial charge in [0, 0.05) is 32.8 Å². The van der Waals surface area contributed by atoms with Crippen molar-refractivity contribution in [1.82, 2.24) is 9.13 Å². The SMILES string of the molecule is CC1(C)CCC(C)(C)c2cc(-c3ccc(-n4c5ccccc5c5cc(-c6ccc7c(c6)c6ccccc6n7-c6ccccc6-c6ccccc6)ccc54)cc3)ccc21.